The summed E-state index contributed by atoms with van der Waals surface area (Å²) in [5, 5.41) is 3.43. The lowest BCUT2D eigenvalue weighted by Crippen LogP contribution is -2.45. The molecular weight excluding hydrogens is 238 g/mol. The van der Waals surface area contributed by atoms with E-state index in [1.165, 1.54) is 6.42 Å². The molecule has 1 aliphatic carbocycles. The summed E-state index contributed by atoms with van der Waals surface area (Å²) >= 11 is 1.11. The number of rotatable bonds is 5. The van der Waals surface area contributed by atoms with Gasteiger partial charge in [0.15, 0.2) is 5.72 Å². The van der Waals surface area contributed by atoms with Crippen LogP contribution in [0, 0.1) is 5.92 Å². The van der Waals surface area contributed by atoms with Crippen molar-refractivity contribution in [2.24, 2.45) is 5.92 Å². The third-order valence-corrected chi connectivity index (χ3v) is 3.84. The molecule has 0 radical (unpaired) electrons. The van der Waals surface area contributed by atoms with Gasteiger partial charge in [0.25, 0.3) is 11.8 Å². The Hall–Kier alpha value is -1.14. The van der Waals surface area contributed by atoms with Crippen LogP contribution in [0.25, 0.3) is 0 Å². The molecule has 0 amide bonds. The second-order valence-electron chi connectivity index (χ2n) is 4.56. The summed E-state index contributed by atoms with van der Waals surface area (Å²) in [5.74, 6) is 1.73. The molecule has 0 aromatic carbocycles. The van der Waals surface area contributed by atoms with E-state index in [9.17, 15) is 0 Å². The highest BCUT2D eigenvalue weighted by Gasteiger charge is 2.47. The Morgan fingerprint density at radius 2 is 2.41 bits per heavy atom. The number of hydrogen-bond acceptors (Lipinski definition) is 6. The maximum Gasteiger partial charge on any atom is 0.292 e. The van der Waals surface area contributed by atoms with Gasteiger partial charge in [0, 0.05) is 19.4 Å². The van der Waals surface area contributed by atoms with Crippen molar-refractivity contribution < 1.29 is 9.47 Å². The molecule has 2 bridgehead atoms. The molecule has 6 heteroatoms. The lowest BCUT2D eigenvalue weighted by atomic mass is 10.1. The first kappa shape index (κ1) is 11.0. The summed E-state index contributed by atoms with van der Waals surface area (Å²) in [5.41, 5.74) is -0.229. The summed E-state index contributed by atoms with van der Waals surface area (Å²) < 4.78 is 19.6. The Balaban J connectivity index is 1.72. The topological polar surface area (TPSA) is 56.3 Å². The van der Waals surface area contributed by atoms with Gasteiger partial charge in [0.2, 0.25) is 0 Å². The Bertz CT molecular complexity index is 413. The molecule has 1 aromatic heterocycles. The number of fused-ring (bicyclic) bond motifs is 2. The van der Waals surface area contributed by atoms with Crippen molar-refractivity contribution >= 4 is 11.7 Å². The van der Waals surface area contributed by atoms with Crippen LogP contribution in [0.2, 0.25) is 0 Å². The molecule has 1 aromatic rings. The van der Waals surface area contributed by atoms with Crippen LogP contribution in [-0.2, 0) is 0 Å². The van der Waals surface area contributed by atoms with E-state index in [0.717, 1.165) is 37.0 Å². The van der Waals surface area contributed by atoms with E-state index in [2.05, 4.69) is 20.6 Å². The van der Waals surface area contributed by atoms with E-state index in [1.54, 1.807) is 6.08 Å². The minimum Gasteiger partial charge on any atom is -0.469 e. The van der Waals surface area contributed by atoms with Crippen LogP contribution in [0.5, 0.6) is 11.8 Å². The highest BCUT2D eigenvalue weighted by molar-refractivity contribution is 6.99. The maximum absolute atomic E-state index is 5.99. The summed E-state index contributed by atoms with van der Waals surface area (Å²) in [6.45, 7) is 5.07. The predicted molar refractivity (Wildman–Crippen MR) is 64.3 cm³/mol. The third kappa shape index (κ3) is 2.02. The van der Waals surface area contributed by atoms with Crippen molar-refractivity contribution in [3.63, 3.8) is 0 Å². The molecule has 1 N–H and O–H groups in total. The van der Waals surface area contributed by atoms with Crippen LogP contribution >= 0.6 is 11.7 Å². The molecule has 1 saturated carbocycles. The van der Waals surface area contributed by atoms with Crippen LogP contribution in [0.1, 0.15) is 19.3 Å². The van der Waals surface area contributed by atoms with Gasteiger partial charge in [-0.25, -0.2) is 0 Å². The predicted octanol–water partition coefficient (Wildman–Crippen LogP) is 1.58. The van der Waals surface area contributed by atoms with Crippen LogP contribution in [0.3, 0.4) is 0 Å². The van der Waals surface area contributed by atoms with E-state index in [1.807, 2.05) is 0 Å². The zero-order chi connectivity index (χ0) is 11.7. The van der Waals surface area contributed by atoms with E-state index in [4.69, 9.17) is 9.47 Å². The minimum absolute atomic E-state index is 0.229. The normalized spacial score (nSPS) is 30.5. The Labute approximate surface area is 104 Å². The Kier molecular flexibility index (Phi) is 2.76. The molecular formula is C11H15N3O2S. The minimum atomic E-state index is -0.229. The van der Waals surface area contributed by atoms with Gasteiger partial charge in [-0.2, -0.15) is 0 Å². The molecule has 0 spiro atoms. The molecule has 1 aliphatic heterocycles. The molecule has 1 saturated heterocycles. The van der Waals surface area contributed by atoms with Crippen LogP contribution in [0.15, 0.2) is 12.7 Å². The van der Waals surface area contributed by atoms with E-state index < -0.39 is 0 Å². The lowest BCUT2D eigenvalue weighted by molar-refractivity contribution is 0.0482. The average Bonchev–Trinajstić information content (AvgIpc) is 3.02. The average molecular weight is 253 g/mol. The number of piperidine rings is 1. The maximum atomic E-state index is 5.99. The van der Waals surface area contributed by atoms with Crippen molar-refractivity contribution in [2.75, 3.05) is 13.2 Å². The summed E-state index contributed by atoms with van der Waals surface area (Å²) in [6, 6.07) is 0. The van der Waals surface area contributed by atoms with Crippen molar-refractivity contribution in [3.05, 3.63) is 12.7 Å². The lowest BCUT2D eigenvalue weighted by Gasteiger charge is -2.27. The van der Waals surface area contributed by atoms with Crippen molar-refractivity contribution in [1.29, 1.82) is 0 Å². The van der Waals surface area contributed by atoms with E-state index >= 15 is 0 Å². The first-order valence-corrected chi connectivity index (χ1v) is 6.55. The van der Waals surface area contributed by atoms with Crippen LogP contribution < -0.4 is 14.8 Å². The fraction of sp³-hybridized carbons (Fsp3) is 0.636. The smallest absolute Gasteiger partial charge is 0.292 e. The molecule has 2 unspecified atom stereocenters. The Morgan fingerprint density at radius 1 is 1.53 bits per heavy atom. The molecule has 3 rings (SSSR count). The summed E-state index contributed by atoms with van der Waals surface area (Å²) in [7, 11) is 0. The molecule has 2 aliphatic rings. The fourth-order valence-electron chi connectivity index (χ4n) is 2.55. The van der Waals surface area contributed by atoms with Crippen molar-refractivity contribution in [3.8, 4) is 11.8 Å². The second-order valence-corrected chi connectivity index (χ2v) is 5.09. The molecule has 17 heavy (non-hydrogen) atoms. The number of nitrogens with one attached hydrogen (secondary N) is 1. The van der Waals surface area contributed by atoms with Gasteiger partial charge >= 0.3 is 0 Å². The van der Waals surface area contributed by atoms with E-state index in [-0.39, 0.29) is 5.72 Å². The van der Waals surface area contributed by atoms with Gasteiger partial charge in [-0.3, -0.25) is 5.32 Å². The van der Waals surface area contributed by atoms with E-state index in [0.29, 0.717) is 18.4 Å². The third-order valence-electron chi connectivity index (χ3n) is 3.35. The number of hydrogen-bond donors (Lipinski definition) is 1. The fourth-order valence-corrected chi connectivity index (χ4v) is 2.98. The molecule has 92 valence electrons. The highest BCUT2D eigenvalue weighted by Crippen LogP contribution is 2.42. The largest absolute Gasteiger partial charge is 0.469 e. The monoisotopic (exact) mass is 253 g/mol. The molecule has 5 nitrogen and oxygen atoms in total. The highest BCUT2D eigenvalue weighted by atomic mass is 32.1. The second kappa shape index (κ2) is 4.27. The molecule has 2 heterocycles. The van der Waals surface area contributed by atoms with Gasteiger partial charge in [-0.05, 0) is 12.3 Å². The number of nitrogens with zero attached hydrogens (tertiary/aromatic N) is 2. The van der Waals surface area contributed by atoms with Gasteiger partial charge in [0.05, 0.1) is 11.7 Å². The quantitative estimate of drug-likeness (QED) is 0.807. The van der Waals surface area contributed by atoms with Crippen LogP contribution in [0.4, 0.5) is 0 Å². The van der Waals surface area contributed by atoms with Gasteiger partial charge in [-0.1, -0.05) is 12.7 Å². The van der Waals surface area contributed by atoms with Gasteiger partial charge < -0.3 is 9.47 Å². The first-order chi connectivity index (χ1) is 8.31. The Morgan fingerprint density at radius 3 is 3.06 bits per heavy atom. The molecule has 2 fully saturated rings. The first-order valence-electron chi connectivity index (χ1n) is 5.82. The number of aromatic nitrogens is 2. The van der Waals surface area contributed by atoms with Crippen molar-refractivity contribution in [1.82, 2.24) is 14.1 Å². The van der Waals surface area contributed by atoms with Gasteiger partial charge in [-0.15, -0.1) is 8.75 Å². The molecule has 2 atom stereocenters. The summed E-state index contributed by atoms with van der Waals surface area (Å²) in [4.78, 5) is 0. The van der Waals surface area contributed by atoms with Gasteiger partial charge in [0.1, 0.15) is 6.61 Å². The zero-order valence-corrected chi connectivity index (χ0v) is 10.3. The van der Waals surface area contributed by atoms with Crippen molar-refractivity contribution in [2.45, 2.75) is 25.0 Å². The number of ether oxygens (including phenoxy) is 2. The SMILES string of the molecule is C=CCOc1nsnc1OC12CCC(CN1)C2. The zero-order valence-electron chi connectivity index (χ0n) is 9.52. The van der Waals surface area contributed by atoms with Crippen LogP contribution in [-0.4, -0.2) is 27.6 Å². The standard InChI is InChI=1S/C11H15N3O2S/c1-2-5-15-9-10(14-17-13-9)16-11-4-3-8(6-11)7-12-11/h2,8,12H,1,3-7H2. The summed E-state index contributed by atoms with van der Waals surface area (Å²) in [6.07, 6.45) is 5.01.